The average Bonchev–Trinajstić information content (AvgIpc) is 3.02. The zero-order valence-electron chi connectivity index (χ0n) is 12.9. The van der Waals surface area contributed by atoms with Crippen molar-refractivity contribution in [2.75, 3.05) is 11.9 Å². The minimum absolute atomic E-state index is 0. The summed E-state index contributed by atoms with van der Waals surface area (Å²) < 4.78 is 1.64. The number of aromatic nitrogens is 3. The smallest absolute Gasteiger partial charge is 0.224 e. The molecule has 0 fully saturated rings. The van der Waals surface area contributed by atoms with E-state index in [4.69, 9.17) is 5.73 Å². The number of nitrogens with two attached hydrogens (primary N) is 1. The molecule has 2 aromatic heterocycles. The van der Waals surface area contributed by atoms with Crippen molar-refractivity contribution >= 4 is 36.4 Å². The third-order valence-electron chi connectivity index (χ3n) is 3.14. The van der Waals surface area contributed by atoms with Crippen molar-refractivity contribution < 1.29 is 4.79 Å². The van der Waals surface area contributed by atoms with Gasteiger partial charge in [0.15, 0.2) is 5.82 Å². The first-order chi connectivity index (χ1) is 10.3. The van der Waals surface area contributed by atoms with Crippen LogP contribution < -0.4 is 11.1 Å². The summed E-state index contributed by atoms with van der Waals surface area (Å²) in [7, 11) is 0. The number of nitrogens with zero attached hydrogens (tertiary/aromatic N) is 3. The van der Waals surface area contributed by atoms with Crippen LogP contribution in [-0.2, 0) is 4.79 Å². The number of amides is 1. The molecular formula is C15H23Cl2N5O. The van der Waals surface area contributed by atoms with Crippen LogP contribution in [0.5, 0.6) is 0 Å². The molecule has 0 saturated carbocycles. The lowest BCUT2D eigenvalue weighted by Crippen LogP contribution is -2.14. The van der Waals surface area contributed by atoms with Gasteiger partial charge in [-0.2, -0.15) is 5.10 Å². The molecule has 23 heavy (non-hydrogen) atoms. The lowest BCUT2D eigenvalue weighted by molar-refractivity contribution is -0.116. The summed E-state index contributed by atoms with van der Waals surface area (Å²) in [4.78, 5) is 16.2. The Morgan fingerprint density at radius 2 is 1.91 bits per heavy atom. The number of hydrogen-bond acceptors (Lipinski definition) is 4. The molecule has 1 amide bonds. The van der Waals surface area contributed by atoms with Crippen LogP contribution in [0.4, 0.5) is 5.69 Å². The van der Waals surface area contributed by atoms with Crippen LogP contribution in [0.3, 0.4) is 0 Å². The van der Waals surface area contributed by atoms with Crippen molar-refractivity contribution in [3.05, 3.63) is 36.8 Å². The molecule has 2 heterocycles. The van der Waals surface area contributed by atoms with Crippen LogP contribution in [-0.4, -0.2) is 27.2 Å². The second-order valence-electron chi connectivity index (χ2n) is 4.83. The average molecular weight is 360 g/mol. The van der Waals surface area contributed by atoms with E-state index in [1.165, 1.54) is 0 Å². The third-order valence-corrected chi connectivity index (χ3v) is 3.14. The molecule has 0 saturated heterocycles. The van der Waals surface area contributed by atoms with Gasteiger partial charge in [0.2, 0.25) is 5.91 Å². The van der Waals surface area contributed by atoms with E-state index in [1.807, 2.05) is 12.1 Å². The first-order valence-electron chi connectivity index (χ1n) is 7.26. The van der Waals surface area contributed by atoms with Gasteiger partial charge in [-0.05, 0) is 37.6 Å². The number of carbonyl (C=O) groups is 1. The third kappa shape index (κ3) is 6.99. The SMILES string of the molecule is Cl.Cl.NCCCCCCC(=O)Nc1cccnc1-n1cccn1. The summed E-state index contributed by atoms with van der Waals surface area (Å²) in [6.45, 7) is 0.717. The maximum absolute atomic E-state index is 12.0. The number of unbranched alkanes of at least 4 members (excludes halogenated alkanes) is 3. The minimum Gasteiger partial charge on any atom is -0.330 e. The quantitative estimate of drug-likeness (QED) is 0.709. The Morgan fingerprint density at radius 1 is 1.13 bits per heavy atom. The minimum atomic E-state index is 0. The second kappa shape index (κ2) is 11.9. The van der Waals surface area contributed by atoms with E-state index in [0.29, 0.717) is 17.9 Å². The van der Waals surface area contributed by atoms with Gasteiger partial charge in [0, 0.05) is 25.0 Å². The molecule has 6 nitrogen and oxygen atoms in total. The van der Waals surface area contributed by atoms with Gasteiger partial charge in [0.05, 0.1) is 5.69 Å². The fourth-order valence-electron chi connectivity index (χ4n) is 2.07. The van der Waals surface area contributed by atoms with Crippen LogP contribution in [0.15, 0.2) is 36.8 Å². The number of pyridine rings is 1. The van der Waals surface area contributed by atoms with Crippen molar-refractivity contribution in [3.8, 4) is 5.82 Å². The molecule has 3 N–H and O–H groups in total. The summed E-state index contributed by atoms with van der Waals surface area (Å²) in [5.41, 5.74) is 6.12. The van der Waals surface area contributed by atoms with Gasteiger partial charge >= 0.3 is 0 Å². The van der Waals surface area contributed by atoms with Crippen LogP contribution in [0, 0.1) is 0 Å². The van der Waals surface area contributed by atoms with Gasteiger partial charge in [-0.3, -0.25) is 4.79 Å². The van der Waals surface area contributed by atoms with E-state index in [9.17, 15) is 4.79 Å². The normalized spacial score (nSPS) is 9.61. The molecule has 2 rings (SSSR count). The summed E-state index contributed by atoms with van der Waals surface area (Å²) in [5, 5.41) is 7.04. The van der Waals surface area contributed by atoms with Gasteiger partial charge in [-0.15, -0.1) is 24.8 Å². The zero-order valence-corrected chi connectivity index (χ0v) is 14.5. The molecule has 0 atom stereocenters. The van der Waals surface area contributed by atoms with Gasteiger partial charge in [0.25, 0.3) is 0 Å². The van der Waals surface area contributed by atoms with Gasteiger partial charge in [0.1, 0.15) is 0 Å². The predicted octanol–water partition coefficient (Wildman–Crippen LogP) is 2.96. The van der Waals surface area contributed by atoms with Crippen LogP contribution in [0.1, 0.15) is 32.1 Å². The van der Waals surface area contributed by atoms with E-state index in [2.05, 4.69) is 15.4 Å². The highest BCUT2D eigenvalue weighted by molar-refractivity contribution is 5.92. The van der Waals surface area contributed by atoms with Gasteiger partial charge in [-0.1, -0.05) is 12.8 Å². The summed E-state index contributed by atoms with van der Waals surface area (Å²) >= 11 is 0. The first-order valence-corrected chi connectivity index (χ1v) is 7.26. The van der Waals surface area contributed by atoms with Crippen LogP contribution >= 0.6 is 24.8 Å². The highest BCUT2D eigenvalue weighted by Gasteiger charge is 2.09. The maximum Gasteiger partial charge on any atom is 0.224 e. The Labute approximate surface area is 148 Å². The molecule has 0 aromatic carbocycles. The number of nitrogens with one attached hydrogen (secondary N) is 1. The van der Waals surface area contributed by atoms with E-state index >= 15 is 0 Å². The highest BCUT2D eigenvalue weighted by atomic mass is 35.5. The van der Waals surface area contributed by atoms with Crippen molar-refractivity contribution in [2.24, 2.45) is 5.73 Å². The fourth-order valence-corrected chi connectivity index (χ4v) is 2.07. The van der Waals surface area contributed by atoms with E-state index in [-0.39, 0.29) is 30.7 Å². The molecule has 0 bridgehead atoms. The van der Waals surface area contributed by atoms with Gasteiger partial charge < -0.3 is 11.1 Å². The number of anilines is 1. The molecule has 0 radical (unpaired) electrons. The Kier molecular flexibility index (Phi) is 11.0. The fraction of sp³-hybridized carbons (Fsp3) is 0.400. The summed E-state index contributed by atoms with van der Waals surface area (Å²) in [6, 6.07) is 5.44. The number of hydrogen-bond donors (Lipinski definition) is 2. The molecule has 2 aromatic rings. The Hall–Kier alpha value is -1.63. The Bertz CT molecular complexity index is 563. The molecule has 0 aliphatic rings. The topological polar surface area (TPSA) is 85.8 Å². The molecule has 128 valence electrons. The molecule has 0 spiro atoms. The summed E-state index contributed by atoms with van der Waals surface area (Å²) in [5.74, 6) is 0.628. The van der Waals surface area contributed by atoms with E-state index in [0.717, 1.165) is 32.2 Å². The van der Waals surface area contributed by atoms with Crippen LogP contribution in [0.25, 0.3) is 5.82 Å². The van der Waals surface area contributed by atoms with Gasteiger partial charge in [-0.25, -0.2) is 9.67 Å². The maximum atomic E-state index is 12.0. The standard InChI is InChI=1S/C15H21N5O.2ClH/c16-9-4-2-1-3-8-14(21)19-13-7-5-10-17-15(13)20-12-6-11-18-20;;/h5-7,10-12H,1-4,8-9,16H2,(H,19,21);2*1H. The second-order valence-corrected chi connectivity index (χ2v) is 4.83. The Balaban J connectivity index is 0.00000242. The largest absolute Gasteiger partial charge is 0.330 e. The lowest BCUT2D eigenvalue weighted by Gasteiger charge is -2.09. The van der Waals surface area contributed by atoms with E-state index in [1.54, 1.807) is 29.3 Å². The van der Waals surface area contributed by atoms with Crippen molar-refractivity contribution in [1.29, 1.82) is 0 Å². The van der Waals surface area contributed by atoms with E-state index < -0.39 is 0 Å². The molecule has 0 unspecified atom stereocenters. The predicted molar refractivity (Wildman–Crippen MR) is 96.6 cm³/mol. The number of carbonyl (C=O) groups excluding carboxylic acids is 1. The highest BCUT2D eigenvalue weighted by Crippen LogP contribution is 2.16. The molecular weight excluding hydrogens is 337 g/mol. The van der Waals surface area contributed by atoms with Crippen LogP contribution in [0.2, 0.25) is 0 Å². The van der Waals surface area contributed by atoms with Crippen molar-refractivity contribution in [1.82, 2.24) is 14.8 Å². The number of rotatable bonds is 8. The number of halogens is 2. The molecule has 0 aliphatic carbocycles. The lowest BCUT2D eigenvalue weighted by atomic mass is 10.1. The molecule has 0 aliphatic heterocycles. The Morgan fingerprint density at radius 3 is 2.61 bits per heavy atom. The van der Waals surface area contributed by atoms with Crippen molar-refractivity contribution in [3.63, 3.8) is 0 Å². The molecule has 8 heteroatoms. The zero-order chi connectivity index (χ0) is 14.9. The van der Waals surface area contributed by atoms with Crippen molar-refractivity contribution in [2.45, 2.75) is 32.1 Å². The summed E-state index contributed by atoms with van der Waals surface area (Å²) in [6.07, 6.45) is 9.68. The first kappa shape index (κ1) is 21.4. The monoisotopic (exact) mass is 359 g/mol.